The van der Waals surface area contributed by atoms with Crippen LogP contribution < -0.4 is 10.3 Å². The van der Waals surface area contributed by atoms with Crippen LogP contribution in [0.2, 0.25) is 0 Å². The molecule has 4 heteroatoms. The van der Waals surface area contributed by atoms with Gasteiger partial charge >= 0.3 is 5.97 Å². The van der Waals surface area contributed by atoms with Crippen molar-refractivity contribution in [3.8, 4) is 5.75 Å². The second-order valence-electron chi connectivity index (χ2n) is 4.74. The molecule has 0 spiro atoms. The molecule has 0 radical (unpaired) electrons. The second kappa shape index (κ2) is 5.25. The largest absolute Gasteiger partial charge is 0.422 e. The Morgan fingerprint density at radius 2 is 1.81 bits per heavy atom. The molecular weight excluding hydrogens is 266 g/mol. The van der Waals surface area contributed by atoms with Crippen LogP contribution in [0.15, 0.2) is 59.5 Å². The van der Waals surface area contributed by atoms with E-state index in [4.69, 9.17) is 4.74 Å². The van der Waals surface area contributed by atoms with Crippen molar-refractivity contribution in [1.29, 1.82) is 0 Å². The number of aryl methyl sites for hydroxylation is 1. The van der Waals surface area contributed by atoms with E-state index in [1.54, 1.807) is 48.7 Å². The molecule has 1 N–H and O–H groups in total. The zero-order valence-electron chi connectivity index (χ0n) is 11.4. The van der Waals surface area contributed by atoms with E-state index in [0.717, 1.165) is 5.56 Å². The SMILES string of the molecule is Cc1c[nH]c(=O)c2cccc(OC(=O)c3ccccc3)c12. The number of aromatic nitrogens is 1. The number of rotatable bonds is 2. The number of nitrogens with one attached hydrogen (secondary N) is 1. The van der Waals surface area contributed by atoms with Gasteiger partial charge in [0.05, 0.1) is 10.9 Å². The van der Waals surface area contributed by atoms with Gasteiger partial charge in [-0.1, -0.05) is 24.3 Å². The molecule has 0 saturated carbocycles. The van der Waals surface area contributed by atoms with Crippen LogP contribution in [0.1, 0.15) is 15.9 Å². The van der Waals surface area contributed by atoms with Crippen LogP contribution in [0.4, 0.5) is 0 Å². The van der Waals surface area contributed by atoms with Crippen LogP contribution in [0, 0.1) is 6.92 Å². The van der Waals surface area contributed by atoms with Crippen molar-refractivity contribution in [3.63, 3.8) is 0 Å². The van der Waals surface area contributed by atoms with Crippen molar-refractivity contribution >= 4 is 16.7 Å². The van der Waals surface area contributed by atoms with Crippen molar-refractivity contribution in [2.75, 3.05) is 0 Å². The lowest BCUT2D eigenvalue weighted by Crippen LogP contribution is -2.11. The van der Waals surface area contributed by atoms with E-state index in [-0.39, 0.29) is 5.56 Å². The minimum Gasteiger partial charge on any atom is -0.422 e. The number of fused-ring (bicyclic) bond motifs is 1. The van der Waals surface area contributed by atoms with E-state index in [9.17, 15) is 9.59 Å². The molecule has 4 nitrogen and oxygen atoms in total. The van der Waals surface area contributed by atoms with E-state index in [0.29, 0.717) is 22.1 Å². The number of ether oxygens (including phenoxy) is 1. The molecule has 3 rings (SSSR count). The van der Waals surface area contributed by atoms with E-state index >= 15 is 0 Å². The number of H-pyrrole nitrogens is 1. The fraction of sp³-hybridized carbons (Fsp3) is 0.0588. The van der Waals surface area contributed by atoms with Crippen molar-refractivity contribution in [2.45, 2.75) is 6.92 Å². The molecule has 2 aromatic carbocycles. The minimum absolute atomic E-state index is 0.201. The van der Waals surface area contributed by atoms with Gasteiger partial charge in [0.1, 0.15) is 5.75 Å². The zero-order valence-corrected chi connectivity index (χ0v) is 11.4. The second-order valence-corrected chi connectivity index (χ2v) is 4.74. The van der Waals surface area contributed by atoms with Gasteiger partial charge < -0.3 is 9.72 Å². The highest BCUT2D eigenvalue weighted by molar-refractivity contribution is 5.96. The van der Waals surface area contributed by atoms with E-state index in [1.165, 1.54) is 0 Å². The Morgan fingerprint density at radius 3 is 2.57 bits per heavy atom. The average Bonchev–Trinajstić information content (AvgIpc) is 2.52. The molecule has 1 aromatic heterocycles. The molecule has 0 aliphatic carbocycles. The summed E-state index contributed by atoms with van der Waals surface area (Å²) in [6.07, 6.45) is 1.62. The molecule has 0 fully saturated rings. The lowest BCUT2D eigenvalue weighted by molar-refractivity contribution is 0.0737. The highest BCUT2D eigenvalue weighted by Gasteiger charge is 2.13. The maximum atomic E-state index is 12.1. The first-order valence-electron chi connectivity index (χ1n) is 6.55. The molecule has 104 valence electrons. The Bertz CT molecular complexity index is 866. The number of carbonyl (C=O) groups excluding carboxylic acids is 1. The summed E-state index contributed by atoms with van der Waals surface area (Å²) < 4.78 is 5.46. The van der Waals surface area contributed by atoms with Gasteiger partial charge in [0.25, 0.3) is 5.56 Å². The first kappa shape index (κ1) is 13.1. The molecule has 0 amide bonds. The summed E-state index contributed by atoms with van der Waals surface area (Å²) in [6, 6.07) is 13.9. The molecule has 0 atom stereocenters. The van der Waals surface area contributed by atoms with Gasteiger partial charge in [-0.25, -0.2) is 4.79 Å². The molecule has 0 bridgehead atoms. The van der Waals surface area contributed by atoms with Gasteiger partial charge in [0.15, 0.2) is 0 Å². The van der Waals surface area contributed by atoms with Crippen molar-refractivity contribution < 1.29 is 9.53 Å². The Balaban J connectivity index is 2.08. The number of hydrogen-bond acceptors (Lipinski definition) is 3. The predicted octanol–water partition coefficient (Wildman–Crippen LogP) is 3.06. The van der Waals surface area contributed by atoms with Crippen molar-refractivity contribution in [1.82, 2.24) is 4.98 Å². The van der Waals surface area contributed by atoms with E-state index < -0.39 is 5.97 Å². The number of esters is 1. The number of hydrogen-bond donors (Lipinski definition) is 1. The van der Waals surface area contributed by atoms with Crippen LogP contribution in [0.25, 0.3) is 10.8 Å². The van der Waals surface area contributed by atoms with Gasteiger partial charge in [0.2, 0.25) is 0 Å². The summed E-state index contributed by atoms with van der Waals surface area (Å²) in [5, 5.41) is 1.17. The molecular formula is C17H13NO3. The summed E-state index contributed by atoms with van der Waals surface area (Å²) in [6.45, 7) is 1.86. The molecule has 0 aliphatic rings. The van der Waals surface area contributed by atoms with Gasteiger partial charge in [-0.3, -0.25) is 4.79 Å². The highest BCUT2D eigenvalue weighted by atomic mass is 16.5. The van der Waals surface area contributed by atoms with Crippen LogP contribution >= 0.6 is 0 Å². The molecule has 3 aromatic rings. The molecule has 0 saturated heterocycles. The Morgan fingerprint density at radius 1 is 1.05 bits per heavy atom. The standard InChI is InChI=1S/C17H13NO3/c1-11-10-18-16(19)13-8-5-9-14(15(11)13)21-17(20)12-6-3-2-4-7-12/h2-10H,1H3,(H,18,19). The Hall–Kier alpha value is -2.88. The maximum absolute atomic E-state index is 12.1. The normalized spacial score (nSPS) is 10.5. The summed E-state index contributed by atoms with van der Waals surface area (Å²) in [7, 11) is 0. The number of carbonyl (C=O) groups is 1. The van der Waals surface area contributed by atoms with Crippen LogP contribution in [0.5, 0.6) is 5.75 Å². The van der Waals surface area contributed by atoms with E-state index in [1.807, 2.05) is 13.0 Å². The number of benzene rings is 2. The molecule has 0 aliphatic heterocycles. The van der Waals surface area contributed by atoms with Gasteiger partial charge in [-0.15, -0.1) is 0 Å². The van der Waals surface area contributed by atoms with Crippen LogP contribution in [-0.4, -0.2) is 11.0 Å². The first-order chi connectivity index (χ1) is 10.2. The number of pyridine rings is 1. The van der Waals surface area contributed by atoms with Crippen LogP contribution in [0.3, 0.4) is 0 Å². The van der Waals surface area contributed by atoms with Gasteiger partial charge in [-0.05, 0) is 36.8 Å². The quantitative estimate of drug-likeness (QED) is 0.579. The fourth-order valence-corrected chi connectivity index (χ4v) is 2.27. The van der Waals surface area contributed by atoms with Gasteiger partial charge in [0, 0.05) is 11.6 Å². The zero-order chi connectivity index (χ0) is 14.8. The third-order valence-corrected chi connectivity index (χ3v) is 3.30. The predicted molar refractivity (Wildman–Crippen MR) is 80.7 cm³/mol. The lowest BCUT2D eigenvalue weighted by atomic mass is 10.1. The monoisotopic (exact) mass is 279 g/mol. The lowest BCUT2D eigenvalue weighted by Gasteiger charge is -2.09. The summed E-state index contributed by atoms with van der Waals surface area (Å²) >= 11 is 0. The summed E-state index contributed by atoms with van der Waals surface area (Å²) in [5.41, 5.74) is 1.12. The molecule has 21 heavy (non-hydrogen) atoms. The molecule has 0 unspecified atom stereocenters. The average molecular weight is 279 g/mol. The third kappa shape index (κ3) is 2.43. The maximum Gasteiger partial charge on any atom is 0.343 e. The Kier molecular flexibility index (Phi) is 3.28. The summed E-state index contributed by atoms with van der Waals surface area (Å²) in [4.78, 5) is 26.6. The highest BCUT2D eigenvalue weighted by Crippen LogP contribution is 2.26. The van der Waals surface area contributed by atoms with Gasteiger partial charge in [-0.2, -0.15) is 0 Å². The topological polar surface area (TPSA) is 59.2 Å². The fourth-order valence-electron chi connectivity index (χ4n) is 2.27. The summed E-state index contributed by atoms with van der Waals surface area (Å²) in [5.74, 6) is -0.0484. The van der Waals surface area contributed by atoms with E-state index in [2.05, 4.69) is 4.98 Å². The smallest absolute Gasteiger partial charge is 0.343 e. The first-order valence-corrected chi connectivity index (χ1v) is 6.55. The Labute approximate surface area is 121 Å². The molecule has 1 heterocycles. The van der Waals surface area contributed by atoms with Crippen molar-refractivity contribution in [2.24, 2.45) is 0 Å². The number of aromatic amines is 1. The van der Waals surface area contributed by atoms with Crippen molar-refractivity contribution in [3.05, 3.63) is 76.2 Å². The minimum atomic E-state index is -0.442. The third-order valence-electron chi connectivity index (χ3n) is 3.30. The van der Waals surface area contributed by atoms with Crippen LogP contribution in [-0.2, 0) is 0 Å².